The molecule has 0 radical (unpaired) electrons. The Labute approximate surface area is 155 Å². The number of hydrogen-bond donors (Lipinski definition) is 1. The highest BCUT2D eigenvalue weighted by Crippen LogP contribution is 2.14. The molecule has 0 saturated heterocycles. The zero-order chi connectivity index (χ0) is 18.6. The Kier molecular flexibility index (Phi) is 4.61. The number of nitrogens with zero attached hydrogens (tertiary/aromatic N) is 3. The predicted octanol–water partition coefficient (Wildman–Crippen LogP) is 3.64. The number of pyridine rings is 2. The number of fused-ring (bicyclic) bond motifs is 1. The average molecular weight is 360 g/mol. The Morgan fingerprint density at radius 3 is 2.48 bits per heavy atom. The van der Waals surface area contributed by atoms with Gasteiger partial charge in [-0.1, -0.05) is 12.1 Å². The number of amides is 1. The Hall–Kier alpha value is -3.54. The molecule has 4 aromatic rings. The van der Waals surface area contributed by atoms with Gasteiger partial charge in [0.1, 0.15) is 11.5 Å². The second-order valence-electron chi connectivity index (χ2n) is 6.30. The summed E-state index contributed by atoms with van der Waals surface area (Å²) in [6, 6.07) is 14.6. The summed E-state index contributed by atoms with van der Waals surface area (Å²) < 4.78 is 14.8. The smallest absolute Gasteiger partial charge is 0.230 e. The third-order valence-corrected chi connectivity index (χ3v) is 4.20. The van der Waals surface area contributed by atoms with Crippen molar-refractivity contribution in [1.29, 1.82) is 0 Å². The lowest BCUT2D eigenvalue weighted by Crippen LogP contribution is -2.14. The van der Waals surface area contributed by atoms with Gasteiger partial charge in [-0.25, -0.2) is 9.37 Å². The van der Waals surface area contributed by atoms with Gasteiger partial charge >= 0.3 is 0 Å². The summed E-state index contributed by atoms with van der Waals surface area (Å²) in [6.07, 6.45) is 7.49. The van der Waals surface area contributed by atoms with E-state index < -0.39 is 0 Å². The standard InChI is InChI=1S/C21H17FN4O/c22-17-3-6-20-24-19(14-26(20)13-17)12-21(27)25-18-4-1-15(2-5-18)11-16-7-9-23-10-8-16/h1-10,13-14H,11-12H2,(H,25,27). The summed E-state index contributed by atoms with van der Waals surface area (Å²) in [4.78, 5) is 20.6. The number of hydrogen-bond acceptors (Lipinski definition) is 3. The van der Waals surface area contributed by atoms with Gasteiger partial charge in [0.2, 0.25) is 5.91 Å². The van der Waals surface area contributed by atoms with E-state index in [4.69, 9.17) is 0 Å². The minimum atomic E-state index is -0.345. The van der Waals surface area contributed by atoms with E-state index in [1.165, 1.54) is 17.8 Å². The van der Waals surface area contributed by atoms with Crippen LogP contribution < -0.4 is 5.32 Å². The average Bonchev–Trinajstić information content (AvgIpc) is 3.05. The van der Waals surface area contributed by atoms with E-state index in [1.54, 1.807) is 29.1 Å². The maximum absolute atomic E-state index is 13.2. The molecule has 3 heterocycles. The van der Waals surface area contributed by atoms with E-state index in [0.717, 1.165) is 17.7 Å². The number of anilines is 1. The number of carbonyl (C=O) groups excluding carboxylic acids is 1. The quantitative estimate of drug-likeness (QED) is 0.591. The molecule has 4 rings (SSSR count). The van der Waals surface area contributed by atoms with Crippen LogP contribution in [0.3, 0.4) is 0 Å². The molecular formula is C21H17FN4O. The van der Waals surface area contributed by atoms with Crippen molar-refractivity contribution >= 4 is 17.2 Å². The summed E-state index contributed by atoms with van der Waals surface area (Å²) in [5.74, 6) is -0.511. The molecule has 0 atom stereocenters. The molecule has 0 aliphatic heterocycles. The van der Waals surface area contributed by atoms with Crippen LogP contribution in [0.25, 0.3) is 5.65 Å². The van der Waals surface area contributed by atoms with Crippen molar-refractivity contribution in [2.45, 2.75) is 12.8 Å². The number of imidazole rings is 1. The van der Waals surface area contributed by atoms with Gasteiger partial charge in [-0.3, -0.25) is 9.78 Å². The molecule has 1 aromatic carbocycles. The van der Waals surface area contributed by atoms with Gasteiger partial charge in [0.25, 0.3) is 0 Å². The second kappa shape index (κ2) is 7.37. The van der Waals surface area contributed by atoms with Crippen molar-refractivity contribution < 1.29 is 9.18 Å². The van der Waals surface area contributed by atoms with Crippen molar-refractivity contribution in [2.24, 2.45) is 0 Å². The summed E-state index contributed by atoms with van der Waals surface area (Å²) in [6.45, 7) is 0. The maximum Gasteiger partial charge on any atom is 0.230 e. The fourth-order valence-corrected chi connectivity index (χ4v) is 2.91. The van der Waals surface area contributed by atoms with Crippen LogP contribution >= 0.6 is 0 Å². The molecule has 3 aromatic heterocycles. The molecule has 1 amide bonds. The number of aromatic nitrogens is 3. The monoisotopic (exact) mass is 360 g/mol. The molecule has 0 unspecified atom stereocenters. The lowest BCUT2D eigenvalue weighted by atomic mass is 10.1. The zero-order valence-electron chi connectivity index (χ0n) is 14.5. The van der Waals surface area contributed by atoms with Gasteiger partial charge in [0.15, 0.2) is 0 Å². The molecule has 0 spiro atoms. The van der Waals surface area contributed by atoms with Crippen LogP contribution in [0, 0.1) is 5.82 Å². The minimum Gasteiger partial charge on any atom is -0.326 e. The van der Waals surface area contributed by atoms with Gasteiger partial charge in [0.05, 0.1) is 12.1 Å². The second-order valence-corrected chi connectivity index (χ2v) is 6.30. The number of benzene rings is 1. The van der Waals surface area contributed by atoms with E-state index in [0.29, 0.717) is 11.3 Å². The van der Waals surface area contributed by atoms with E-state index >= 15 is 0 Å². The molecule has 5 nitrogen and oxygen atoms in total. The first-order valence-corrected chi connectivity index (χ1v) is 8.56. The van der Waals surface area contributed by atoms with Crippen molar-refractivity contribution in [1.82, 2.24) is 14.4 Å². The van der Waals surface area contributed by atoms with Gasteiger partial charge < -0.3 is 9.72 Å². The topological polar surface area (TPSA) is 59.3 Å². The normalized spacial score (nSPS) is 10.9. The van der Waals surface area contributed by atoms with Crippen LogP contribution in [0.5, 0.6) is 0 Å². The number of rotatable bonds is 5. The van der Waals surface area contributed by atoms with Gasteiger partial charge in [-0.15, -0.1) is 0 Å². The van der Waals surface area contributed by atoms with E-state index in [9.17, 15) is 9.18 Å². The molecule has 0 saturated carbocycles. The summed E-state index contributed by atoms with van der Waals surface area (Å²) in [7, 11) is 0. The summed E-state index contributed by atoms with van der Waals surface area (Å²) >= 11 is 0. The molecule has 6 heteroatoms. The fourth-order valence-electron chi connectivity index (χ4n) is 2.91. The highest BCUT2D eigenvalue weighted by molar-refractivity contribution is 5.92. The van der Waals surface area contributed by atoms with Crippen molar-refractivity contribution in [3.05, 3.63) is 96.0 Å². The van der Waals surface area contributed by atoms with E-state index in [1.807, 2.05) is 36.4 Å². The number of nitrogens with one attached hydrogen (secondary N) is 1. The van der Waals surface area contributed by atoms with Crippen LogP contribution in [0.1, 0.15) is 16.8 Å². The van der Waals surface area contributed by atoms with Crippen LogP contribution in [-0.2, 0) is 17.6 Å². The predicted molar refractivity (Wildman–Crippen MR) is 101 cm³/mol. The van der Waals surface area contributed by atoms with Crippen LogP contribution in [-0.4, -0.2) is 20.3 Å². The third-order valence-electron chi connectivity index (χ3n) is 4.20. The Bertz CT molecular complexity index is 1070. The van der Waals surface area contributed by atoms with Crippen LogP contribution in [0.4, 0.5) is 10.1 Å². The van der Waals surface area contributed by atoms with Gasteiger partial charge in [0, 0.05) is 30.5 Å². The number of halogens is 1. The number of carbonyl (C=O) groups is 1. The largest absolute Gasteiger partial charge is 0.326 e. The van der Waals surface area contributed by atoms with E-state index in [-0.39, 0.29) is 18.1 Å². The highest BCUT2D eigenvalue weighted by atomic mass is 19.1. The fraction of sp³-hybridized carbons (Fsp3) is 0.0952. The Morgan fingerprint density at radius 2 is 1.70 bits per heavy atom. The van der Waals surface area contributed by atoms with E-state index in [2.05, 4.69) is 15.3 Å². The third kappa shape index (κ3) is 4.17. The molecule has 0 aliphatic rings. The van der Waals surface area contributed by atoms with Crippen LogP contribution in [0.2, 0.25) is 0 Å². The molecule has 0 aliphatic carbocycles. The molecule has 1 N–H and O–H groups in total. The molecular weight excluding hydrogens is 343 g/mol. The maximum atomic E-state index is 13.2. The SMILES string of the molecule is O=C(Cc1cn2cc(F)ccc2n1)Nc1ccc(Cc2ccncc2)cc1. The lowest BCUT2D eigenvalue weighted by Gasteiger charge is -2.06. The minimum absolute atomic E-state index is 0.127. The van der Waals surface area contributed by atoms with Crippen molar-refractivity contribution in [3.8, 4) is 0 Å². The Morgan fingerprint density at radius 1 is 0.963 bits per heavy atom. The zero-order valence-corrected chi connectivity index (χ0v) is 14.5. The first-order chi connectivity index (χ1) is 13.2. The first kappa shape index (κ1) is 16.9. The summed E-state index contributed by atoms with van der Waals surface area (Å²) in [5.41, 5.74) is 4.27. The van der Waals surface area contributed by atoms with Crippen molar-refractivity contribution in [2.75, 3.05) is 5.32 Å². The molecule has 134 valence electrons. The highest BCUT2D eigenvalue weighted by Gasteiger charge is 2.09. The first-order valence-electron chi connectivity index (χ1n) is 8.56. The lowest BCUT2D eigenvalue weighted by molar-refractivity contribution is -0.115. The van der Waals surface area contributed by atoms with Crippen molar-refractivity contribution in [3.63, 3.8) is 0 Å². The molecule has 0 fully saturated rings. The Balaban J connectivity index is 1.38. The van der Waals surface area contributed by atoms with Gasteiger partial charge in [-0.05, 0) is 53.9 Å². The molecule has 27 heavy (non-hydrogen) atoms. The summed E-state index contributed by atoms with van der Waals surface area (Å²) in [5, 5.41) is 2.86. The van der Waals surface area contributed by atoms with Gasteiger partial charge in [-0.2, -0.15) is 0 Å². The molecule has 0 bridgehead atoms. The van der Waals surface area contributed by atoms with Crippen LogP contribution in [0.15, 0.2) is 73.3 Å².